The fourth-order valence-electron chi connectivity index (χ4n) is 5.20. The molecule has 0 aromatic rings. The smallest absolute Gasteiger partial charge is 0.223 e. The fourth-order valence-corrected chi connectivity index (χ4v) is 6.84. The lowest BCUT2D eigenvalue weighted by Gasteiger charge is -2.24. The number of amides is 1. The van der Waals surface area contributed by atoms with Gasteiger partial charge >= 0.3 is 0 Å². The Morgan fingerprint density at radius 2 is 1.90 bits per heavy atom. The molecule has 1 aliphatic heterocycles. The quantitative estimate of drug-likeness (QED) is 0.864. The second-order valence-electron chi connectivity index (χ2n) is 7.95. The number of carbonyl (C=O) groups is 1. The third-order valence-corrected chi connectivity index (χ3v) is 8.40. The molecule has 3 saturated carbocycles. The molecular formula is C16H25NO3S. The van der Waals surface area contributed by atoms with E-state index >= 15 is 0 Å². The summed E-state index contributed by atoms with van der Waals surface area (Å²) in [6.07, 6.45) is 7.74. The summed E-state index contributed by atoms with van der Waals surface area (Å²) in [6.45, 7) is 0.852. The summed E-state index contributed by atoms with van der Waals surface area (Å²) in [7, 11) is -2.83. The number of hydrogen-bond donors (Lipinski definition) is 1. The van der Waals surface area contributed by atoms with Gasteiger partial charge in [0, 0.05) is 12.5 Å². The van der Waals surface area contributed by atoms with Crippen LogP contribution in [0.2, 0.25) is 0 Å². The van der Waals surface area contributed by atoms with Crippen LogP contribution in [0.3, 0.4) is 0 Å². The summed E-state index contributed by atoms with van der Waals surface area (Å²) >= 11 is 0. The van der Waals surface area contributed by atoms with Gasteiger partial charge in [0.2, 0.25) is 5.91 Å². The van der Waals surface area contributed by atoms with Crippen LogP contribution in [-0.2, 0) is 14.6 Å². The van der Waals surface area contributed by atoms with Crippen molar-refractivity contribution in [1.29, 1.82) is 0 Å². The first-order chi connectivity index (χ1) is 9.97. The van der Waals surface area contributed by atoms with Crippen molar-refractivity contribution in [1.82, 2.24) is 5.32 Å². The largest absolute Gasteiger partial charge is 0.356 e. The van der Waals surface area contributed by atoms with Crippen LogP contribution in [0.15, 0.2) is 0 Å². The van der Waals surface area contributed by atoms with Crippen LogP contribution in [0.5, 0.6) is 0 Å². The van der Waals surface area contributed by atoms with Crippen LogP contribution < -0.4 is 5.32 Å². The van der Waals surface area contributed by atoms with Gasteiger partial charge in [-0.05, 0) is 61.7 Å². The minimum absolute atomic E-state index is 0.0318. The fraction of sp³-hybridized carbons (Fsp3) is 0.938. The van der Waals surface area contributed by atoms with E-state index in [2.05, 4.69) is 5.32 Å². The Morgan fingerprint density at radius 3 is 2.52 bits per heavy atom. The average Bonchev–Trinajstić information content (AvgIpc) is 2.80. The third-order valence-electron chi connectivity index (χ3n) is 6.75. The Kier molecular flexibility index (Phi) is 3.15. The first-order valence-corrected chi connectivity index (χ1v) is 10.3. The van der Waals surface area contributed by atoms with Gasteiger partial charge in [0.15, 0.2) is 0 Å². The standard InChI is InChI=1S/C16H25NO3S/c18-15(17-10-13-8-11-1-2-12(13)7-11)14-9-16(14)3-5-21(19,20)6-4-16/h11-14H,1-10H2,(H,17,18)/t11-,12-,13+,14+/m0/s1. The maximum atomic E-state index is 12.3. The van der Waals surface area contributed by atoms with Gasteiger partial charge in [0.1, 0.15) is 9.84 Å². The normalized spacial score (nSPS) is 42.1. The van der Waals surface area contributed by atoms with Crippen LogP contribution in [-0.4, -0.2) is 32.4 Å². The van der Waals surface area contributed by atoms with Crippen molar-refractivity contribution in [2.45, 2.75) is 44.9 Å². The summed E-state index contributed by atoms with van der Waals surface area (Å²) < 4.78 is 23.0. The Hall–Kier alpha value is -0.580. The summed E-state index contributed by atoms with van der Waals surface area (Å²) in [6, 6.07) is 0. The molecule has 4 nitrogen and oxygen atoms in total. The highest BCUT2D eigenvalue weighted by molar-refractivity contribution is 7.91. The molecule has 1 heterocycles. The number of sulfone groups is 1. The van der Waals surface area contributed by atoms with E-state index in [4.69, 9.17) is 0 Å². The van der Waals surface area contributed by atoms with Crippen molar-refractivity contribution in [2.75, 3.05) is 18.1 Å². The number of nitrogens with one attached hydrogen (secondary N) is 1. The van der Waals surface area contributed by atoms with E-state index in [1.165, 1.54) is 25.7 Å². The van der Waals surface area contributed by atoms with Gasteiger partial charge in [-0.3, -0.25) is 4.79 Å². The lowest BCUT2D eigenvalue weighted by Crippen LogP contribution is -2.35. The second kappa shape index (κ2) is 4.71. The number of rotatable bonds is 3. The zero-order valence-corrected chi connectivity index (χ0v) is 13.3. The van der Waals surface area contributed by atoms with Gasteiger partial charge in [-0.2, -0.15) is 0 Å². The SMILES string of the molecule is O=C(NC[C@H]1C[C@H]2CC[C@H]1C2)[C@H]1CC12CCS(=O)(=O)CC2. The Balaban J connectivity index is 1.27. The molecule has 2 bridgehead atoms. The van der Waals surface area contributed by atoms with E-state index in [1.54, 1.807) is 0 Å². The van der Waals surface area contributed by atoms with E-state index in [0.29, 0.717) is 18.8 Å². The molecule has 1 spiro atoms. The van der Waals surface area contributed by atoms with Crippen molar-refractivity contribution in [3.63, 3.8) is 0 Å². The van der Waals surface area contributed by atoms with Gasteiger partial charge in [0.25, 0.3) is 0 Å². The first-order valence-electron chi connectivity index (χ1n) is 8.46. The number of fused-ring (bicyclic) bond motifs is 2. The Morgan fingerprint density at radius 1 is 1.14 bits per heavy atom. The summed E-state index contributed by atoms with van der Waals surface area (Å²) in [5.41, 5.74) is 0.0318. The molecule has 1 saturated heterocycles. The molecule has 4 atom stereocenters. The zero-order valence-electron chi connectivity index (χ0n) is 12.5. The van der Waals surface area contributed by atoms with Crippen molar-refractivity contribution >= 4 is 15.7 Å². The molecule has 1 N–H and O–H groups in total. The Bertz CT molecular complexity index is 542. The van der Waals surface area contributed by atoms with E-state index < -0.39 is 9.84 Å². The molecule has 4 fully saturated rings. The lowest BCUT2D eigenvalue weighted by molar-refractivity contribution is -0.123. The summed E-state index contributed by atoms with van der Waals surface area (Å²) in [5.74, 6) is 3.32. The van der Waals surface area contributed by atoms with Crippen LogP contribution >= 0.6 is 0 Å². The molecular weight excluding hydrogens is 286 g/mol. The molecule has 0 radical (unpaired) electrons. The summed E-state index contributed by atoms with van der Waals surface area (Å²) in [5, 5.41) is 3.18. The summed E-state index contributed by atoms with van der Waals surface area (Å²) in [4.78, 5) is 12.3. The van der Waals surface area contributed by atoms with Gasteiger partial charge in [-0.25, -0.2) is 8.42 Å². The van der Waals surface area contributed by atoms with E-state index in [-0.39, 0.29) is 28.7 Å². The maximum absolute atomic E-state index is 12.3. The van der Waals surface area contributed by atoms with Crippen molar-refractivity contribution in [3.05, 3.63) is 0 Å². The molecule has 0 aromatic heterocycles. The van der Waals surface area contributed by atoms with Gasteiger partial charge in [-0.15, -0.1) is 0 Å². The minimum atomic E-state index is -2.83. The molecule has 4 aliphatic rings. The molecule has 5 heteroatoms. The van der Waals surface area contributed by atoms with Crippen LogP contribution in [0, 0.1) is 29.1 Å². The molecule has 0 unspecified atom stereocenters. The van der Waals surface area contributed by atoms with Gasteiger partial charge < -0.3 is 5.32 Å². The molecule has 118 valence electrons. The zero-order chi connectivity index (χ0) is 14.7. The molecule has 1 amide bonds. The van der Waals surface area contributed by atoms with Crippen molar-refractivity contribution in [3.8, 4) is 0 Å². The van der Waals surface area contributed by atoms with E-state index in [9.17, 15) is 13.2 Å². The highest BCUT2D eigenvalue weighted by Gasteiger charge is 2.59. The first kappa shape index (κ1) is 14.0. The molecule has 3 aliphatic carbocycles. The van der Waals surface area contributed by atoms with Crippen LogP contribution in [0.1, 0.15) is 44.9 Å². The number of hydrogen-bond acceptors (Lipinski definition) is 3. The van der Waals surface area contributed by atoms with Crippen LogP contribution in [0.4, 0.5) is 0 Å². The molecule has 21 heavy (non-hydrogen) atoms. The monoisotopic (exact) mass is 311 g/mol. The number of carbonyl (C=O) groups excluding carboxylic acids is 1. The average molecular weight is 311 g/mol. The van der Waals surface area contributed by atoms with Crippen LogP contribution in [0.25, 0.3) is 0 Å². The minimum Gasteiger partial charge on any atom is -0.356 e. The third kappa shape index (κ3) is 2.51. The van der Waals surface area contributed by atoms with E-state index in [0.717, 1.165) is 24.8 Å². The lowest BCUT2D eigenvalue weighted by atomic mass is 9.88. The second-order valence-corrected chi connectivity index (χ2v) is 10.3. The molecule has 4 rings (SSSR count). The van der Waals surface area contributed by atoms with Crippen molar-refractivity contribution < 1.29 is 13.2 Å². The highest BCUT2D eigenvalue weighted by Crippen LogP contribution is 2.59. The van der Waals surface area contributed by atoms with Gasteiger partial charge in [-0.1, -0.05) is 6.42 Å². The van der Waals surface area contributed by atoms with E-state index in [1.807, 2.05) is 0 Å². The topological polar surface area (TPSA) is 63.2 Å². The maximum Gasteiger partial charge on any atom is 0.223 e. The predicted octanol–water partition coefficient (Wildman–Crippen LogP) is 1.75. The molecule has 0 aromatic carbocycles. The Labute approximate surface area is 127 Å². The highest BCUT2D eigenvalue weighted by atomic mass is 32.2. The van der Waals surface area contributed by atoms with Crippen molar-refractivity contribution in [2.24, 2.45) is 29.1 Å². The predicted molar refractivity (Wildman–Crippen MR) is 80.4 cm³/mol. The van der Waals surface area contributed by atoms with Gasteiger partial charge in [0.05, 0.1) is 11.5 Å².